The van der Waals surface area contributed by atoms with Gasteiger partial charge in [0.1, 0.15) is 23.0 Å². The number of carbonyl (C=O) groups is 1. The Morgan fingerprint density at radius 3 is 2.76 bits per heavy atom. The number of amides is 1. The van der Waals surface area contributed by atoms with Gasteiger partial charge in [0, 0.05) is 19.2 Å². The number of hydrogen-bond donors (Lipinski definition) is 2. The fraction of sp³-hybridized carbons (Fsp3) is 0.211. The topological polar surface area (TPSA) is 75.1 Å². The van der Waals surface area contributed by atoms with E-state index < -0.39 is 17.6 Å². The van der Waals surface area contributed by atoms with Crippen LogP contribution in [-0.4, -0.2) is 31.8 Å². The van der Waals surface area contributed by atoms with Gasteiger partial charge in [-0.2, -0.15) is 13.2 Å². The smallest absolute Gasteiger partial charge is 0.350 e. The Morgan fingerprint density at radius 1 is 1.21 bits per heavy atom. The molecule has 6 nitrogen and oxygen atoms in total. The van der Waals surface area contributed by atoms with Crippen molar-refractivity contribution >= 4 is 22.6 Å². The fourth-order valence-electron chi connectivity index (χ4n) is 3.13. The van der Waals surface area contributed by atoms with Crippen molar-refractivity contribution in [1.82, 2.24) is 24.7 Å². The predicted molar refractivity (Wildman–Crippen MR) is 97.0 cm³/mol. The maximum absolute atomic E-state index is 13.2. The summed E-state index contributed by atoms with van der Waals surface area (Å²) in [5.74, 6) is -0.376. The minimum atomic E-state index is -4.53. The third-order valence-electron chi connectivity index (χ3n) is 4.48. The molecule has 10 heteroatoms. The zero-order chi connectivity index (χ0) is 20.8. The van der Waals surface area contributed by atoms with Crippen molar-refractivity contribution in [1.29, 1.82) is 0 Å². The zero-order valence-electron chi connectivity index (χ0n) is 15.1. The minimum Gasteiger partial charge on any atom is -0.350 e. The lowest BCUT2D eigenvalue weighted by Crippen LogP contribution is -2.27. The number of halogens is 4. The zero-order valence-corrected chi connectivity index (χ0v) is 15.1. The Morgan fingerprint density at radius 2 is 2.00 bits per heavy atom. The van der Waals surface area contributed by atoms with Gasteiger partial charge in [-0.1, -0.05) is 0 Å². The summed E-state index contributed by atoms with van der Waals surface area (Å²) in [6.07, 6.45) is -3.33. The van der Waals surface area contributed by atoms with E-state index in [0.717, 1.165) is 16.7 Å². The third-order valence-corrected chi connectivity index (χ3v) is 4.48. The Balaban J connectivity index is 1.51. The van der Waals surface area contributed by atoms with Crippen molar-refractivity contribution in [3.63, 3.8) is 0 Å². The van der Waals surface area contributed by atoms with E-state index >= 15 is 0 Å². The second-order valence-corrected chi connectivity index (χ2v) is 6.54. The lowest BCUT2D eigenvalue weighted by molar-refractivity contribution is -0.137. The molecule has 0 atom stereocenters. The molecule has 0 spiro atoms. The standard InChI is InChI=1S/C19H15F4N5O/c1-10-17(28-9-11(19(21,22)23)2-5-16(28)25-10)18(29)24-7-6-15-26-13-4-3-12(20)8-14(13)27-15/h2-5,8-9H,6-7H2,1H3,(H,24,29)(H,26,27). The molecule has 4 aromatic rings. The summed E-state index contributed by atoms with van der Waals surface area (Å²) >= 11 is 0. The monoisotopic (exact) mass is 405 g/mol. The van der Waals surface area contributed by atoms with Crippen LogP contribution in [0.25, 0.3) is 16.7 Å². The van der Waals surface area contributed by atoms with Gasteiger partial charge in [0.05, 0.1) is 22.3 Å². The molecule has 150 valence electrons. The molecule has 4 rings (SSSR count). The number of rotatable bonds is 4. The number of benzene rings is 1. The number of aromatic amines is 1. The third kappa shape index (κ3) is 3.65. The van der Waals surface area contributed by atoms with E-state index in [2.05, 4.69) is 20.3 Å². The first-order valence-corrected chi connectivity index (χ1v) is 8.70. The van der Waals surface area contributed by atoms with Crippen LogP contribution in [0.4, 0.5) is 17.6 Å². The molecular formula is C19H15F4N5O. The van der Waals surface area contributed by atoms with Gasteiger partial charge in [-0.25, -0.2) is 14.4 Å². The molecule has 0 aliphatic carbocycles. The van der Waals surface area contributed by atoms with Crippen LogP contribution < -0.4 is 5.32 Å². The Bertz CT molecular complexity index is 1220. The molecule has 0 saturated heterocycles. The highest BCUT2D eigenvalue weighted by Gasteiger charge is 2.31. The molecule has 0 aliphatic rings. The van der Waals surface area contributed by atoms with E-state index in [-0.39, 0.29) is 23.7 Å². The van der Waals surface area contributed by atoms with Gasteiger partial charge < -0.3 is 10.3 Å². The van der Waals surface area contributed by atoms with Crippen molar-refractivity contribution in [3.05, 3.63) is 65.1 Å². The van der Waals surface area contributed by atoms with E-state index in [9.17, 15) is 22.4 Å². The van der Waals surface area contributed by atoms with Gasteiger partial charge in [-0.15, -0.1) is 0 Å². The molecule has 2 N–H and O–H groups in total. The Hall–Kier alpha value is -3.43. The second-order valence-electron chi connectivity index (χ2n) is 6.54. The van der Waals surface area contributed by atoms with Crippen molar-refractivity contribution < 1.29 is 22.4 Å². The van der Waals surface area contributed by atoms with Gasteiger partial charge in [0.2, 0.25) is 0 Å². The maximum atomic E-state index is 13.2. The summed E-state index contributed by atoms with van der Waals surface area (Å²) in [4.78, 5) is 24.0. The summed E-state index contributed by atoms with van der Waals surface area (Å²) in [5, 5.41) is 2.67. The maximum Gasteiger partial charge on any atom is 0.417 e. The molecule has 1 aromatic carbocycles. The number of hydrogen-bond acceptors (Lipinski definition) is 3. The average molecular weight is 405 g/mol. The number of fused-ring (bicyclic) bond motifs is 2. The molecule has 0 radical (unpaired) electrons. The molecule has 1 amide bonds. The molecule has 0 unspecified atom stereocenters. The first-order valence-electron chi connectivity index (χ1n) is 8.70. The lowest BCUT2D eigenvalue weighted by Gasteiger charge is -2.09. The summed E-state index contributed by atoms with van der Waals surface area (Å²) < 4.78 is 53.4. The van der Waals surface area contributed by atoms with Crippen molar-refractivity contribution in [2.75, 3.05) is 6.54 Å². The summed E-state index contributed by atoms with van der Waals surface area (Å²) in [7, 11) is 0. The molecule has 0 bridgehead atoms. The van der Waals surface area contributed by atoms with Crippen LogP contribution in [-0.2, 0) is 12.6 Å². The Labute approximate surface area is 161 Å². The molecule has 29 heavy (non-hydrogen) atoms. The lowest BCUT2D eigenvalue weighted by atomic mass is 10.2. The molecular weight excluding hydrogens is 390 g/mol. The number of nitrogens with zero attached hydrogens (tertiary/aromatic N) is 3. The highest BCUT2D eigenvalue weighted by atomic mass is 19.4. The van der Waals surface area contributed by atoms with E-state index in [4.69, 9.17) is 0 Å². The number of pyridine rings is 1. The Kier molecular flexibility index (Phi) is 4.48. The summed E-state index contributed by atoms with van der Waals surface area (Å²) in [5.41, 5.74) is 0.887. The van der Waals surface area contributed by atoms with Gasteiger partial charge in [0.25, 0.3) is 5.91 Å². The van der Waals surface area contributed by atoms with Crippen LogP contribution in [0, 0.1) is 12.7 Å². The first kappa shape index (κ1) is 18.9. The SMILES string of the molecule is Cc1nc2ccc(C(F)(F)F)cn2c1C(=O)NCCc1nc2ccc(F)cc2[nH]1. The van der Waals surface area contributed by atoms with E-state index in [1.807, 2.05) is 0 Å². The number of alkyl halides is 3. The summed E-state index contributed by atoms with van der Waals surface area (Å²) in [6.45, 7) is 1.75. The largest absolute Gasteiger partial charge is 0.417 e. The predicted octanol–water partition coefficient (Wildman–Crippen LogP) is 3.65. The van der Waals surface area contributed by atoms with Crippen molar-refractivity contribution in [2.24, 2.45) is 0 Å². The van der Waals surface area contributed by atoms with Crippen LogP contribution in [0.5, 0.6) is 0 Å². The average Bonchev–Trinajstić information content (AvgIpc) is 3.19. The van der Waals surface area contributed by atoms with Gasteiger partial charge in [0.15, 0.2) is 0 Å². The van der Waals surface area contributed by atoms with E-state index in [1.54, 1.807) is 13.0 Å². The normalized spacial score (nSPS) is 12.0. The quantitative estimate of drug-likeness (QED) is 0.509. The first-order chi connectivity index (χ1) is 13.7. The van der Waals surface area contributed by atoms with Gasteiger partial charge in [-0.05, 0) is 37.3 Å². The van der Waals surface area contributed by atoms with Crippen LogP contribution >= 0.6 is 0 Å². The van der Waals surface area contributed by atoms with Crippen LogP contribution in [0.2, 0.25) is 0 Å². The van der Waals surface area contributed by atoms with Crippen LogP contribution in [0.15, 0.2) is 36.5 Å². The molecule has 0 fully saturated rings. The van der Waals surface area contributed by atoms with Gasteiger partial charge >= 0.3 is 6.18 Å². The number of imidazole rings is 2. The minimum absolute atomic E-state index is 0.0396. The number of aromatic nitrogens is 4. The van der Waals surface area contributed by atoms with Gasteiger partial charge in [-0.3, -0.25) is 9.20 Å². The second kappa shape index (κ2) is 6.87. The highest BCUT2D eigenvalue weighted by molar-refractivity contribution is 5.94. The molecule has 0 saturated carbocycles. The van der Waals surface area contributed by atoms with Crippen molar-refractivity contribution in [3.8, 4) is 0 Å². The number of nitrogens with one attached hydrogen (secondary N) is 2. The van der Waals surface area contributed by atoms with Crippen molar-refractivity contribution in [2.45, 2.75) is 19.5 Å². The van der Waals surface area contributed by atoms with E-state index in [1.165, 1.54) is 18.2 Å². The molecule has 3 aromatic heterocycles. The summed E-state index contributed by atoms with van der Waals surface area (Å²) in [6, 6.07) is 6.32. The fourth-order valence-corrected chi connectivity index (χ4v) is 3.13. The highest BCUT2D eigenvalue weighted by Crippen LogP contribution is 2.29. The molecule has 0 aliphatic heterocycles. The number of H-pyrrole nitrogens is 1. The molecule has 3 heterocycles. The number of aryl methyl sites for hydroxylation is 1. The van der Waals surface area contributed by atoms with E-state index in [0.29, 0.717) is 29.0 Å². The number of carbonyl (C=O) groups excluding carboxylic acids is 1. The van der Waals surface area contributed by atoms with Crippen LogP contribution in [0.1, 0.15) is 27.6 Å². The van der Waals surface area contributed by atoms with Crippen LogP contribution in [0.3, 0.4) is 0 Å².